The second kappa shape index (κ2) is 7.38. The van der Waals surface area contributed by atoms with E-state index in [9.17, 15) is 9.59 Å². The average Bonchev–Trinajstić information content (AvgIpc) is 2.88. The summed E-state index contributed by atoms with van der Waals surface area (Å²) in [5.74, 6) is -0.142. The zero-order valence-electron chi connectivity index (χ0n) is 14.5. The summed E-state index contributed by atoms with van der Waals surface area (Å²) in [7, 11) is 2.82. The predicted molar refractivity (Wildman–Crippen MR) is 93.8 cm³/mol. The van der Waals surface area contributed by atoms with Gasteiger partial charge >= 0.3 is 5.97 Å². The van der Waals surface area contributed by atoms with Crippen molar-refractivity contribution in [3.05, 3.63) is 64.7 Å². The van der Waals surface area contributed by atoms with Crippen LogP contribution in [0.25, 0.3) is 0 Å². The van der Waals surface area contributed by atoms with Crippen molar-refractivity contribution >= 4 is 11.9 Å². The molecule has 0 unspecified atom stereocenters. The van der Waals surface area contributed by atoms with Crippen molar-refractivity contribution < 1.29 is 19.1 Å². The molecule has 1 aliphatic heterocycles. The van der Waals surface area contributed by atoms with Crippen molar-refractivity contribution in [3.8, 4) is 5.75 Å². The largest absolute Gasteiger partial charge is 0.497 e. The summed E-state index contributed by atoms with van der Waals surface area (Å²) >= 11 is 0. The molecular weight excluding hydrogens is 318 g/mol. The van der Waals surface area contributed by atoms with Crippen molar-refractivity contribution in [1.29, 1.82) is 0 Å². The highest BCUT2D eigenvalue weighted by atomic mass is 16.5. The van der Waals surface area contributed by atoms with Crippen molar-refractivity contribution in [2.45, 2.75) is 19.4 Å². The highest BCUT2D eigenvalue weighted by molar-refractivity contribution is 5.98. The lowest BCUT2D eigenvalue weighted by atomic mass is 10.0. The molecule has 1 amide bonds. The normalized spacial score (nSPS) is 13.6. The van der Waals surface area contributed by atoms with Gasteiger partial charge in [0.2, 0.25) is 0 Å². The molecule has 2 aromatic carbocycles. The maximum absolute atomic E-state index is 13.0. The fourth-order valence-electron chi connectivity index (χ4n) is 3.13. The number of amides is 1. The number of methoxy groups -OCH3 is 2. The van der Waals surface area contributed by atoms with Gasteiger partial charge in [0, 0.05) is 18.7 Å². The lowest BCUT2D eigenvalue weighted by molar-refractivity contribution is 0.0600. The van der Waals surface area contributed by atoms with Crippen LogP contribution in [0.15, 0.2) is 42.5 Å². The molecule has 130 valence electrons. The molecule has 0 fully saturated rings. The van der Waals surface area contributed by atoms with Crippen molar-refractivity contribution in [3.63, 3.8) is 0 Å². The van der Waals surface area contributed by atoms with E-state index in [4.69, 9.17) is 9.47 Å². The Morgan fingerprint density at radius 3 is 2.44 bits per heavy atom. The monoisotopic (exact) mass is 339 g/mol. The molecule has 0 N–H and O–H groups in total. The summed E-state index contributed by atoms with van der Waals surface area (Å²) in [6, 6.07) is 13.0. The van der Waals surface area contributed by atoms with E-state index >= 15 is 0 Å². The van der Waals surface area contributed by atoms with E-state index in [1.54, 1.807) is 18.2 Å². The fraction of sp³-hybridized carbons (Fsp3) is 0.300. The average molecular weight is 339 g/mol. The summed E-state index contributed by atoms with van der Waals surface area (Å²) in [6.07, 6.45) is 1.88. The smallest absolute Gasteiger partial charge is 0.338 e. The van der Waals surface area contributed by atoms with Gasteiger partial charge in [-0.3, -0.25) is 4.79 Å². The molecule has 0 saturated carbocycles. The first-order chi connectivity index (χ1) is 12.1. The van der Waals surface area contributed by atoms with E-state index in [2.05, 4.69) is 12.1 Å². The zero-order valence-corrected chi connectivity index (χ0v) is 14.5. The first kappa shape index (κ1) is 17.0. The number of carbonyl (C=O) groups is 2. The van der Waals surface area contributed by atoms with Gasteiger partial charge in [0.15, 0.2) is 0 Å². The van der Waals surface area contributed by atoms with Gasteiger partial charge in [-0.1, -0.05) is 24.3 Å². The van der Waals surface area contributed by atoms with Crippen LogP contribution < -0.4 is 4.74 Å². The summed E-state index contributed by atoms with van der Waals surface area (Å²) in [5, 5.41) is 0. The molecule has 2 aromatic rings. The van der Waals surface area contributed by atoms with Crippen LogP contribution in [-0.2, 0) is 17.7 Å². The molecule has 0 aromatic heterocycles. The fourth-order valence-corrected chi connectivity index (χ4v) is 3.13. The molecule has 1 aliphatic rings. The molecule has 0 bridgehead atoms. The van der Waals surface area contributed by atoms with Crippen molar-refractivity contribution in [2.75, 3.05) is 20.8 Å². The number of hydrogen-bond donors (Lipinski definition) is 0. The molecule has 3 rings (SSSR count). The number of aryl methyl sites for hydroxylation is 1. The van der Waals surface area contributed by atoms with E-state index < -0.39 is 5.97 Å². The minimum atomic E-state index is -0.492. The van der Waals surface area contributed by atoms with Gasteiger partial charge in [-0.15, -0.1) is 0 Å². The van der Waals surface area contributed by atoms with Crippen LogP contribution in [0.2, 0.25) is 0 Å². The van der Waals surface area contributed by atoms with Crippen molar-refractivity contribution in [1.82, 2.24) is 4.90 Å². The molecule has 0 aliphatic carbocycles. The Morgan fingerprint density at radius 1 is 1.00 bits per heavy atom. The second-order valence-corrected chi connectivity index (χ2v) is 6.04. The highest BCUT2D eigenvalue weighted by Gasteiger charge is 2.22. The third-order valence-corrected chi connectivity index (χ3v) is 4.45. The maximum atomic E-state index is 13.0. The predicted octanol–water partition coefficient (Wildman–Crippen LogP) is 3.07. The molecule has 1 heterocycles. The van der Waals surface area contributed by atoms with Crippen LogP contribution >= 0.6 is 0 Å². The summed E-state index contributed by atoms with van der Waals surface area (Å²) < 4.78 is 9.99. The van der Waals surface area contributed by atoms with Gasteiger partial charge < -0.3 is 14.4 Å². The van der Waals surface area contributed by atoms with Gasteiger partial charge in [0.25, 0.3) is 5.91 Å². The molecule has 5 heteroatoms. The second-order valence-electron chi connectivity index (χ2n) is 6.04. The van der Waals surface area contributed by atoms with Gasteiger partial charge in [0.05, 0.1) is 19.8 Å². The molecule has 0 spiro atoms. The van der Waals surface area contributed by atoms with Crippen molar-refractivity contribution in [2.24, 2.45) is 0 Å². The number of benzene rings is 2. The van der Waals surface area contributed by atoms with E-state index in [1.807, 2.05) is 17.0 Å². The Kier molecular flexibility index (Phi) is 5.03. The number of rotatable bonds is 3. The summed E-state index contributed by atoms with van der Waals surface area (Å²) in [4.78, 5) is 26.7. The first-order valence-corrected chi connectivity index (χ1v) is 8.26. The van der Waals surface area contributed by atoms with Crippen LogP contribution in [0, 0.1) is 0 Å². The van der Waals surface area contributed by atoms with E-state index in [-0.39, 0.29) is 5.91 Å². The minimum Gasteiger partial charge on any atom is -0.497 e. The highest BCUT2D eigenvalue weighted by Crippen LogP contribution is 2.23. The molecule has 25 heavy (non-hydrogen) atoms. The standard InChI is InChI=1S/C20H21NO4/c1-24-18-11-16(10-17(12-18)20(23)25-2)19(22)21-9-5-8-14-6-3-4-7-15(14)13-21/h3-4,6-7,10-12H,5,8-9,13H2,1-2H3. The lowest BCUT2D eigenvalue weighted by Gasteiger charge is -2.21. The first-order valence-electron chi connectivity index (χ1n) is 8.26. The number of hydrogen-bond acceptors (Lipinski definition) is 4. The SMILES string of the molecule is COC(=O)c1cc(OC)cc(C(=O)N2CCCc3ccccc3C2)c1. The molecular formula is C20H21NO4. The number of carbonyl (C=O) groups excluding carboxylic acids is 2. The van der Waals surface area contributed by atoms with E-state index in [1.165, 1.54) is 25.3 Å². The number of fused-ring (bicyclic) bond motifs is 1. The van der Waals surface area contributed by atoms with Crippen LogP contribution in [0.1, 0.15) is 38.3 Å². The van der Waals surface area contributed by atoms with Crippen LogP contribution in [0.3, 0.4) is 0 Å². The number of ether oxygens (including phenoxy) is 2. The Bertz CT molecular complexity index is 800. The Labute approximate surface area is 147 Å². The van der Waals surface area contributed by atoms with Crippen LogP contribution in [0.4, 0.5) is 0 Å². The van der Waals surface area contributed by atoms with Gasteiger partial charge in [0.1, 0.15) is 5.75 Å². The Hall–Kier alpha value is -2.82. The van der Waals surface area contributed by atoms with Crippen LogP contribution in [0.5, 0.6) is 5.75 Å². The topological polar surface area (TPSA) is 55.8 Å². The minimum absolute atomic E-state index is 0.110. The Morgan fingerprint density at radius 2 is 1.72 bits per heavy atom. The zero-order chi connectivity index (χ0) is 17.8. The maximum Gasteiger partial charge on any atom is 0.338 e. The molecule has 5 nitrogen and oxygen atoms in total. The molecule has 0 atom stereocenters. The third kappa shape index (κ3) is 3.65. The summed E-state index contributed by atoms with van der Waals surface area (Å²) in [6.45, 7) is 1.25. The quantitative estimate of drug-likeness (QED) is 0.807. The van der Waals surface area contributed by atoms with Crippen LogP contribution in [-0.4, -0.2) is 37.5 Å². The van der Waals surface area contributed by atoms with E-state index in [0.29, 0.717) is 30.0 Å². The third-order valence-electron chi connectivity index (χ3n) is 4.45. The lowest BCUT2D eigenvalue weighted by Crippen LogP contribution is -2.30. The van der Waals surface area contributed by atoms with Gasteiger partial charge in [-0.25, -0.2) is 4.79 Å². The van der Waals surface area contributed by atoms with Gasteiger partial charge in [-0.05, 0) is 42.2 Å². The van der Waals surface area contributed by atoms with E-state index in [0.717, 1.165) is 12.8 Å². The van der Waals surface area contributed by atoms with Gasteiger partial charge in [-0.2, -0.15) is 0 Å². The number of nitrogens with zero attached hydrogens (tertiary/aromatic N) is 1. The Balaban J connectivity index is 1.91. The summed E-state index contributed by atoms with van der Waals surface area (Å²) in [5.41, 5.74) is 3.20. The number of esters is 1. The molecule has 0 saturated heterocycles. The molecule has 0 radical (unpaired) electrons.